The molecule has 2 bridgehead atoms. The van der Waals surface area contributed by atoms with Crippen LogP contribution in [0.25, 0.3) is 0 Å². The fourth-order valence-corrected chi connectivity index (χ4v) is 6.29. The third-order valence-corrected chi connectivity index (χ3v) is 7.48. The summed E-state index contributed by atoms with van der Waals surface area (Å²) < 4.78 is 5.37. The fraction of sp³-hybridized carbons (Fsp3) is 0.789. The van der Waals surface area contributed by atoms with Crippen molar-refractivity contribution in [2.75, 3.05) is 27.3 Å². The van der Waals surface area contributed by atoms with Gasteiger partial charge in [0.05, 0.1) is 6.61 Å². The van der Waals surface area contributed by atoms with Crippen molar-refractivity contribution in [3.63, 3.8) is 0 Å². The second-order valence-corrected chi connectivity index (χ2v) is 8.28. The van der Waals surface area contributed by atoms with Crippen LogP contribution in [0.1, 0.15) is 39.5 Å². The lowest BCUT2D eigenvalue weighted by Crippen LogP contribution is -2.54. The SMILES string of the molecule is CN=C(N)NC[C@]1(C)[C@@H]2CC[C@@H](C)[C@]13C[C@H](COC)C(C(=O)O)=C3C2. The van der Waals surface area contributed by atoms with E-state index in [4.69, 9.17) is 10.5 Å². The Bertz CT molecular complexity index is 629. The van der Waals surface area contributed by atoms with E-state index in [0.29, 0.717) is 30.0 Å². The number of fused-ring (bicyclic) bond motifs is 1. The molecule has 4 N–H and O–H groups in total. The number of ether oxygens (including phenoxy) is 1. The van der Waals surface area contributed by atoms with Gasteiger partial charge >= 0.3 is 5.97 Å². The Morgan fingerprint density at radius 2 is 2.20 bits per heavy atom. The molecule has 25 heavy (non-hydrogen) atoms. The van der Waals surface area contributed by atoms with Gasteiger partial charge in [-0.15, -0.1) is 0 Å². The Balaban J connectivity index is 2.07. The molecule has 0 aromatic carbocycles. The number of carbonyl (C=O) groups is 1. The maximum atomic E-state index is 12.1. The number of rotatable bonds is 5. The molecule has 3 rings (SSSR count). The van der Waals surface area contributed by atoms with Crippen LogP contribution in [0.15, 0.2) is 16.1 Å². The van der Waals surface area contributed by atoms with Gasteiger partial charge < -0.3 is 20.9 Å². The zero-order valence-electron chi connectivity index (χ0n) is 15.8. The summed E-state index contributed by atoms with van der Waals surface area (Å²) >= 11 is 0. The van der Waals surface area contributed by atoms with Crippen molar-refractivity contribution in [2.24, 2.45) is 39.3 Å². The van der Waals surface area contributed by atoms with Crippen molar-refractivity contribution in [2.45, 2.75) is 39.5 Å². The van der Waals surface area contributed by atoms with Crippen LogP contribution in [0.5, 0.6) is 0 Å². The quantitative estimate of drug-likeness (QED) is 0.521. The number of carboxylic acid groups (broad SMARTS) is 1. The third kappa shape index (κ3) is 2.40. The molecule has 0 amide bonds. The van der Waals surface area contributed by atoms with Crippen LogP contribution in [0.3, 0.4) is 0 Å². The highest BCUT2D eigenvalue weighted by Gasteiger charge is 2.68. The molecule has 6 nitrogen and oxygen atoms in total. The van der Waals surface area contributed by atoms with Crippen LogP contribution in [0, 0.1) is 28.6 Å². The fourth-order valence-electron chi connectivity index (χ4n) is 6.29. The predicted octanol–water partition coefficient (Wildman–Crippen LogP) is 2.01. The molecule has 0 saturated heterocycles. The Labute approximate surface area is 149 Å². The zero-order chi connectivity index (χ0) is 18.4. The number of aliphatic imine (C=N–C) groups is 1. The number of nitrogens with zero attached hydrogens (tertiary/aromatic N) is 1. The molecule has 0 unspecified atom stereocenters. The minimum atomic E-state index is -0.765. The number of nitrogens with two attached hydrogens (primary N) is 1. The molecule has 5 atom stereocenters. The smallest absolute Gasteiger partial charge is 0.331 e. The lowest BCUT2D eigenvalue weighted by atomic mass is 9.51. The van der Waals surface area contributed by atoms with Crippen molar-refractivity contribution >= 4 is 11.9 Å². The summed E-state index contributed by atoms with van der Waals surface area (Å²) in [5.41, 5.74) is 7.62. The summed E-state index contributed by atoms with van der Waals surface area (Å²) in [5.74, 6) is 0.623. The van der Waals surface area contributed by atoms with Gasteiger partial charge in [0.1, 0.15) is 0 Å². The van der Waals surface area contributed by atoms with Crippen molar-refractivity contribution in [3.8, 4) is 0 Å². The van der Waals surface area contributed by atoms with Gasteiger partial charge in [-0.1, -0.05) is 19.4 Å². The summed E-state index contributed by atoms with van der Waals surface area (Å²) in [7, 11) is 3.33. The molecule has 0 aliphatic heterocycles. The molecule has 3 aliphatic rings. The first-order valence-electron chi connectivity index (χ1n) is 9.23. The summed E-state index contributed by atoms with van der Waals surface area (Å²) in [6, 6.07) is 0. The zero-order valence-corrected chi connectivity index (χ0v) is 15.8. The number of allylic oxidation sites excluding steroid dienone is 1. The molecular formula is C19H31N3O3. The molecule has 0 aromatic rings. The van der Waals surface area contributed by atoms with E-state index in [1.165, 1.54) is 5.57 Å². The number of nitrogens with one attached hydrogen (secondary N) is 1. The van der Waals surface area contributed by atoms with Crippen LogP contribution in [0.2, 0.25) is 0 Å². The van der Waals surface area contributed by atoms with E-state index in [1.54, 1.807) is 14.2 Å². The van der Waals surface area contributed by atoms with E-state index in [-0.39, 0.29) is 16.7 Å². The van der Waals surface area contributed by atoms with Crippen LogP contribution in [-0.2, 0) is 9.53 Å². The monoisotopic (exact) mass is 349 g/mol. The van der Waals surface area contributed by atoms with Gasteiger partial charge in [-0.3, -0.25) is 4.99 Å². The Morgan fingerprint density at radius 3 is 2.80 bits per heavy atom. The lowest BCUT2D eigenvalue weighted by molar-refractivity contribution is -0.133. The molecule has 0 heterocycles. The molecule has 140 valence electrons. The van der Waals surface area contributed by atoms with Gasteiger partial charge in [-0.2, -0.15) is 0 Å². The number of hydrogen-bond donors (Lipinski definition) is 3. The van der Waals surface area contributed by atoms with Gasteiger partial charge in [0.25, 0.3) is 0 Å². The topological polar surface area (TPSA) is 96.9 Å². The maximum Gasteiger partial charge on any atom is 0.331 e. The second-order valence-electron chi connectivity index (χ2n) is 8.28. The molecule has 2 fully saturated rings. The lowest BCUT2D eigenvalue weighted by Gasteiger charge is -2.53. The largest absolute Gasteiger partial charge is 0.478 e. The molecular weight excluding hydrogens is 318 g/mol. The van der Waals surface area contributed by atoms with Crippen LogP contribution in [0.4, 0.5) is 0 Å². The minimum Gasteiger partial charge on any atom is -0.478 e. The van der Waals surface area contributed by atoms with Gasteiger partial charge in [-0.05, 0) is 42.9 Å². The first kappa shape index (κ1) is 18.2. The standard InChI is InChI=1S/C19H31N3O3/c1-11-5-6-13-7-14-15(16(23)24)12(9-25-4)8-19(11,14)18(13,2)10-22-17(20)21-3/h11-13H,5-10H2,1-4H3,(H,23,24)(H3,20,21,22)/t11-,12-,13-,18-,19+/m1/s1. The molecule has 0 aromatic heterocycles. The highest BCUT2D eigenvalue weighted by atomic mass is 16.5. The van der Waals surface area contributed by atoms with E-state index in [1.807, 2.05) is 0 Å². The molecule has 3 aliphatic carbocycles. The summed E-state index contributed by atoms with van der Waals surface area (Å²) in [6.45, 7) is 5.84. The van der Waals surface area contributed by atoms with E-state index in [2.05, 4.69) is 24.2 Å². The number of carboxylic acids is 1. The van der Waals surface area contributed by atoms with Crippen molar-refractivity contribution < 1.29 is 14.6 Å². The third-order valence-electron chi connectivity index (χ3n) is 7.48. The first-order chi connectivity index (χ1) is 11.8. The van der Waals surface area contributed by atoms with Crippen molar-refractivity contribution in [3.05, 3.63) is 11.1 Å². The number of methoxy groups -OCH3 is 1. The van der Waals surface area contributed by atoms with E-state index in [0.717, 1.165) is 32.2 Å². The second kappa shape index (κ2) is 6.31. The normalized spacial score (nSPS) is 40.3. The van der Waals surface area contributed by atoms with Crippen LogP contribution in [-0.4, -0.2) is 44.3 Å². The van der Waals surface area contributed by atoms with E-state index in [9.17, 15) is 9.90 Å². The highest BCUT2D eigenvalue weighted by Crippen LogP contribution is 2.73. The number of hydrogen-bond acceptors (Lipinski definition) is 3. The minimum absolute atomic E-state index is 0.0154. The van der Waals surface area contributed by atoms with Gasteiger partial charge in [0.15, 0.2) is 5.96 Å². The average molecular weight is 349 g/mol. The van der Waals surface area contributed by atoms with Crippen LogP contribution >= 0.6 is 0 Å². The van der Waals surface area contributed by atoms with E-state index >= 15 is 0 Å². The molecule has 1 spiro atoms. The van der Waals surface area contributed by atoms with Crippen LogP contribution < -0.4 is 11.1 Å². The van der Waals surface area contributed by atoms with Gasteiger partial charge in [-0.25, -0.2) is 4.79 Å². The number of aliphatic carboxylic acids is 1. The highest BCUT2D eigenvalue weighted by molar-refractivity contribution is 5.90. The van der Waals surface area contributed by atoms with Crippen molar-refractivity contribution in [1.29, 1.82) is 0 Å². The van der Waals surface area contributed by atoms with Gasteiger partial charge in [0, 0.05) is 37.6 Å². The first-order valence-corrected chi connectivity index (χ1v) is 9.23. The van der Waals surface area contributed by atoms with E-state index < -0.39 is 5.97 Å². The molecule has 0 radical (unpaired) electrons. The Morgan fingerprint density at radius 1 is 1.48 bits per heavy atom. The maximum absolute atomic E-state index is 12.1. The summed E-state index contributed by atoms with van der Waals surface area (Å²) in [4.78, 5) is 16.1. The molecule has 2 saturated carbocycles. The van der Waals surface area contributed by atoms with Gasteiger partial charge in [0.2, 0.25) is 0 Å². The Kier molecular flexibility index (Phi) is 4.60. The summed E-state index contributed by atoms with van der Waals surface area (Å²) in [5, 5.41) is 13.2. The average Bonchev–Trinajstić information content (AvgIpc) is 2.95. The summed E-state index contributed by atoms with van der Waals surface area (Å²) in [6.07, 6.45) is 4.08. The predicted molar refractivity (Wildman–Crippen MR) is 97.2 cm³/mol. The Hall–Kier alpha value is -1.56. The molecule has 6 heteroatoms. The number of guanidine groups is 1. The van der Waals surface area contributed by atoms with Crippen molar-refractivity contribution in [1.82, 2.24) is 5.32 Å².